The molecule has 0 radical (unpaired) electrons. The average Bonchev–Trinajstić information content (AvgIpc) is 2.68. The third-order valence-corrected chi connectivity index (χ3v) is 7.22. The van der Waals surface area contributed by atoms with Gasteiger partial charge in [0.15, 0.2) is 0 Å². The van der Waals surface area contributed by atoms with Gasteiger partial charge in [0.05, 0.1) is 16.3 Å². The van der Waals surface area contributed by atoms with E-state index in [2.05, 4.69) is 9.62 Å². The van der Waals surface area contributed by atoms with Crippen molar-refractivity contribution in [1.29, 1.82) is 0 Å². The minimum absolute atomic E-state index is 0.292. The highest BCUT2D eigenvalue weighted by molar-refractivity contribution is 7.92. The number of nitrogens with zero attached hydrogens (tertiary/aromatic N) is 1. The Labute approximate surface area is 156 Å². The van der Waals surface area contributed by atoms with Gasteiger partial charge < -0.3 is 4.90 Å². The standard InChI is InChI=1S/C21H26N2O2S/c24-26(25,19-10-2-1-3-11-19)22-20-12-6-7-13-21(20)23-15-14-17-8-4-5-9-18(17)16-23/h1-3,6-7,10-13,17-18,22H,4-5,8-9,14-16H2/t17-,18+/m0/s1. The molecule has 138 valence electrons. The monoisotopic (exact) mass is 370 g/mol. The van der Waals surface area contributed by atoms with Gasteiger partial charge in [0.2, 0.25) is 0 Å². The van der Waals surface area contributed by atoms with Crippen molar-refractivity contribution in [1.82, 2.24) is 0 Å². The number of hydrogen-bond donors (Lipinski definition) is 1. The van der Waals surface area contributed by atoms with Crippen LogP contribution in [0.3, 0.4) is 0 Å². The molecule has 0 unspecified atom stereocenters. The van der Waals surface area contributed by atoms with E-state index in [-0.39, 0.29) is 0 Å². The highest BCUT2D eigenvalue weighted by Gasteiger charge is 2.32. The topological polar surface area (TPSA) is 49.4 Å². The summed E-state index contributed by atoms with van der Waals surface area (Å²) in [5, 5.41) is 0. The minimum atomic E-state index is -3.57. The summed E-state index contributed by atoms with van der Waals surface area (Å²) < 4.78 is 28.3. The van der Waals surface area contributed by atoms with Crippen LogP contribution in [-0.4, -0.2) is 21.5 Å². The summed E-state index contributed by atoms with van der Waals surface area (Å²) in [6.45, 7) is 2.04. The molecule has 2 aromatic rings. The molecule has 2 atom stereocenters. The third kappa shape index (κ3) is 3.58. The van der Waals surface area contributed by atoms with E-state index in [0.717, 1.165) is 30.6 Å². The lowest BCUT2D eigenvalue weighted by Crippen LogP contribution is -2.42. The Hall–Kier alpha value is -2.01. The van der Waals surface area contributed by atoms with Gasteiger partial charge in [-0.15, -0.1) is 0 Å². The molecule has 1 saturated carbocycles. The van der Waals surface area contributed by atoms with Gasteiger partial charge >= 0.3 is 0 Å². The molecule has 0 bridgehead atoms. The molecule has 0 aromatic heterocycles. The second kappa shape index (κ2) is 7.31. The Morgan fingerprint density at radius 3 is 2.35 bits per heavy atom. The van der Waals surface area contributed by atoms with E-state index in [1.54, 1.807) is 24.3 Å². The highest BCUT2D eigenvalue weighted by atomic mass is 32.2. The zero-order chi connectivity index (χ0) is 18.0. The summed E-state index contributed by atoms with van der Waals surface area (Å²) >= 11 is 0. The Kier molecular flexibility index (Phi) is 4.90. The lowest BCUT2D eigenvalue weighted by Gasteiger charge is -2.42. The molecule has 1 heterocycles. The molecule has 0 spiro atoms. The third-order valence-electron chi connectivity index (χ3n) is 5.83. The van der Waals surface area contributed by atoms with Crippen molar-refractivity contribution in [3.8, 4) is 0 Å². The summed E-state index contributed by atoms with van der Waals surface area (Å²) in [6, 6.07) is 16.3. The summed E-state index contributed by atoms with van der Waals surface area (Å²) in [5.74, 6) is 1.60. The molecule has 26 heavy (non-hydrogen) atoms. The molecule has 0 amide bonds. The van der Waals surface area contributed by atoms with Crippen LogP contribution >= 0.6 is 0 Å². The summed E-state index contributed by atoms with van der Waals surface area (Å²) in [5.41, 5.74) is 1.67. The minimum Gasteiger partial charge on any atom is -0.370 e. The van der Waals surface area contributed by atoms with Crippen LogP contribution in [0.2, 0.25) is 0 Å². The van der Waals surface area contributed by atoms with E-state index in [4.69, 9.17) is 0 Å². The van der Waals surface area contributed by atoms with Crippen molar-refractivity contribution < 1.29 is 8.42 Å². The maximum atomic E-state index is 12.7. The van der Waals surface area contributed by atoms with E-state index in [9.17, 15) is 8.42 Å². The number of piperidine rings is 1. The van der Waals surface area contributed by atoms with Crippen LogP contribution in [0.15, 0.2) is 59.5 Å². The van der Waals surface area contributed by atoms with E-state index >= 15 is 0 Å². The fourth-order valence-electron chi connectivity index (χ4n) is 4.46. The van der Waals surface area contributed by atoms with Gasteiger partial charge in [0.1, 0.15) is 0 Å². The molecule has 5 heteroatoms. The quantitative estimate of drug-likeness (QED) is 0.862. The maximum absolute atomic E-state index is 12.7. The number of para-hydroxylation sites is 2. The van der Waals surface area contributed by atoms with Gasteiger partial charge in [0.25, 0.3) is 10.0 Å². The first-order valence-electron chi connectivity index (χ1n) is 9.55. The van der Waals surface area contributed by atoms with Crippen molar-refractivity contribution >= 4 is 21.4 Å². The van der Waals surface area contributed by atoms with Crippen LogP contribution < -0.4 is 9.62 Å². The number of anilines is 2. The molecule has 1 aliphatic carbocycles. The Balaban J connectivity index is 1.57. The number of fused-ring (bicyclic) bond motifs is 1. The highest BCUT2D eigenvalue weighted by Crippen LogP contribution is 2.39. The number of benzene rings is 2. The lowest BCUT2D eigenvalue weighted by molar-refractivity contribution is 0.202. The van der Waals surface area contributed by atoms with Crippen molar-refractivity contribution in [3.05, 3.63) is 54.6 Å². The van der Waals surface area contributed by atoms with Crippen molar-refractivity contribution in [2.75, 3.05) is 22.7 Å². The second-order valence-electron chi connectivity index (χ2n) is 7.48. The zero-order valence-electron chi connectivity index (χ0n) is 15.0. The van der Waals surface area contributed by atoms with E-state index < -0.39 is 10.0 Å². The van der Waals surface area contributed by atoms with Crippen LogP contribution in [0.1, 0.15) is 32.1 Å². The smallest absolute Gasteiger partial charge is 0.261 e. The molecule has 4 nitrogen and oxygen atoms in total. The maximum Gasteiger partial charge on any atom is 0.261 e. The van der Waals surface area contributed by atoms with Gasteiger partial charge in [-0.3, -0.25) is 4.72 Å². The first-order chi connectivity index (χ1) is 12.6. The molecule has 2 aliphatic rings. The summed E-state index contributed by atoms with van der Waals surface area (Å²) in [7, 11) is -3.57. The molecule has 4 rings (SSSR count). The SMILES string of the molecule is O=S(=O)(Nc1ccccc1N1CC[C@@H]2CCCC[C@@H]2C1)c1ccccc1. The fourth-order valence-corrected chi connectivity index (χ4v) is 5.55. The van der Waals surface area contributed by atoms with Crippen molar-refractivity contribution in [2.24, 2.45) is 11.8 Å². The van der Waals surface area contributed by atoms with E-state index in [0.29, 0.717) is 10.6 Å². The van der Waals surface area contributed by atoms with Crippen LogP contribution in [-0.2, 0) is 10.0 Å². The van der Waals surface area contributed by atoms with E-state index in [1.165, 1.54) is 32.1 Å². The average molecular weight is 371 g/mol. The van der Waals surface area contributed by atoms with Gasteiger partial charge in [0, 0.05) is 13.1 Å². The van der Waals surface area contributed by atoms with Crippen LogP contribution in [0, 0.1) is 11.8 Å². The molecule has 1 saturated heterocycles. The molecular formula is C21H26N2O2S. The van der Waals surface area contributed by atoms with Gasteiger partial charge in [-0.1, -0.05) is 49.6 Å². The number of hydrogen-bond acceptors (Lipinski definition) is 3. The lowest BCUT2D eigenvalue weighted by atomic mass is 9.75. The molecule has 1 aliphatic heterocycles. The second-order valence-corrected chi connectivity index (χ2v) is 9.16. The Morgan fingerprint density at radius 2 is 1.54 bits per heavy atom. The molecular weight excluding hydrogens is 344 g/mol. The molecule has 1 N–H and O–H groups in total. The zero-order valence-corrected chi connectivity index (χ0v) is 15.8. The summed E-state index contributed by atoms with van der Waals surface area (Å²) in [4.78, 5) is 2.66. The first-order valence-corrected chi connectivity index (χ1v) is 11.0. The molecule has 2 fully saturated rings. The normalized spacial score (nSPS) is 23.3. The van der Waals surface area contributed by atoms with Crippen LogP contribution in [0.25, 0.3) is 0 Å². The summed E-state index contributed by atoms with van der Waals surface area (Å²) in [6.07, 6.45) is 6.58. The fraction of sp³-hybridized carbons (Fsp3) is 0.429. The van der Waals surface area contributed by atoms with Crippen LogP contribution in [0.4, 0.5) is 11.4 Å². The van der Waals surface area contributed by atoms with Crippen LogP contribution in [0.5, 0.6) is 0 Å². The molecule has 2 aromatic carbocycles. The largest absolute Gasteiger partial charge is 0.370 e. The number of rotatable bonds is 4. The number of nitrogens with one attached hydrogen (secondary N) is 1. The predicted molar refractivity (Wildman–Crippen MR) is 106 cm³/mol. The van der Waals surface area contributed by atoms with E-state index in [1.807, 2.05) is 30.3 Å². The predicted octanol–water partition coefficient (Wildman–Crippen LogP) is 4.50. The van der Waals surface area contributed by atoms with Crippen molar-refractivity contribution in [2.45, 2.75) is 37.0 Å². The van der Waals surface area contributed by atoms with Gasteiger partial charge in [-0.25, -0.2) is 8.42 Å². The number of sulfonamides is 1. The Bertz CT molecular complexity index is 851. The van der Waals surface area contributed by atoms with Gasteiger partial charge in [-0.05, 0) is 48.9 Å². The Morgan fingerprint density at radius 1 is 0.846 bits per heavy atom. The van der Waals surface area contributed by atoms with Gasteiger partial charge in [-0.2, -0.15) is 0 Å². The van der Waals surface area contributed by atoms with Crippen molar-refractivity contribution in [3.63, 3.8) is 0 Å². The first kappa shape index (κ1) is 17.4.